The number of rotatable bonds is 5. The number of ether oxygens (including phenoxy) is 1. The largest absolute Gasteiger partial charge is 0.482 e. The van der Waals surface area contributed by atoms with Gasteiger partial charge in [-0.25, -0.2) is 4.79 Å². The summed E-state index contributed by atoms with van der Waals surface area (Å²) in [7, 11) is 0. The van der Waals surface area contributed by atoms with Crippen molar-refractivity contribution in [3.63, 3.8) is 0 Å². The van der Waals surface area contributed by atoms with Crippen molar-refractivity contribution < 1.29 is 19.4 Å². The van der Waals surface area contributed by atoms with Crippen LogP contribution in [-0.4, -0.2) is 33.8 Å². The molecule has 2 aromatic rings. The number of aromatic nitrogens is 2. The Bertz CT molecular complexity index is 699. The predicted octanol–water partition coefficient (Wildman–Crippen LogP) is 2.42. The lowest BCUT2D eigenvalue weighted by Crippen LogP contribution is -2.13. The van der Waals surface area contributed by atoms with Crippen LogP contribution in [0.25, 0.3) is 0 Å². The topological polar surface area (TPSA) is 104 Å². The van der Waals surface area contributed by atoms with Crippen molar-refractivity contribution in [3.05, 3.63) is 41.7 Å². The van der Waals surface area contributed by atoms with Gasteiger partial charge in [-0.1, -0.05) is 20.8 Å². The number of carbonyl (C=O) groups is 2. The summed E-state index contributed by atoms with van der Waals surface area (Å²) in [4.78, 5) is 22.6. The zero-order chi connectivity index (χ0) is 17.0. The maximum absolute atomic E-state index is 12.2. The summed E-state index contributed by atoms with van der Waals surface area (Å²) in [5.41, 5.74) is 1.63. The average molecular weight is 317 g/mol. The van der Waals surface area contributed by atoms with Crippen molar-refractivity contribution in [2.24, 2.45) is 0 Å². The quantitative estimate of drug-likeness (QED) is 0.785. The number of benzene rings is 1. The lowest BCUT2D eigenvalue weighted by molar-refractivity contribution is -0.139. The molecule has 0 atom stereocenters. The number of H-pyrrole nitrogens is 1. The SMILES string of the molecule is CC(C)(C)c1cc(C(=O)Nc2ccc(OCC(=O)O)cc2)n[nH]1. The fourth-order valence-corrected chi connectivity index (χ4v) is 1.80. The average Bonchev–Trinajstić information content (AvgIpc) is 2.96. The van der Waals surface area contributed by atoms with E-state index in [9.17, 15) is 9.59 Å². The van der Waals surface area contributed by atoms with Crippen molar-refractivity contribution in [1.29, 1.82) is 0 Å². The molecule has 3 N–H and O–H groups in total. The highest BCUT2D eigenvalue weighted by Gasteiger charge is 2.19. The summed E-state index contributed by atoms with van der Waals surface area (Å²) in [6.45, 7) is 5.67. The molecule has 7 nitrogen and oxygen atoms in total. The Hall–Kier alpha value is -2.83. The second-order valence-electron chi connectivity index (χ2n) is 6.08. The molecule has 0 spiro atoms. The Morgan fingerprint density at radius 1 is 1.26 bits per heavy atom. The van der Waals surface area contributed by atoms with Crippen LogP contribution in [0.15, 0.2) is 30.3 Å². The van der Waals surface area contributed by atoms with Crippen LogP contribution in [0.2, 0.25) is 0 Å². The summed E-state index contributed by atoms with van der Waals surface area (Å²) in [5, 5.41) is 18.1. The molecule has 0 bridgehead atoms. The van der Waals surface area contributed by atoms with Gasteiger partial charge in [0.1, 0.15) is 5.75 Å². The second kappa shape index (κ2) is 6.51. The summed E-state index contributed by atoms with van der Waals surface area (Å²) in [6, 6.07) is 8.16. The summed E-state index contributed by atoms with van der Waals surface area (Å²) in [5.74, 6) is -0.952. The predicted molar refractivity (Wildman–Crippen MR) is 84.8 cm³/mol. The molecule has 0 aliphatic carbocycles. The first-order chi connectivity index (χ1) is 10.8. The van der Waals surface area contributed by atoms with Gasteiger partial charge in [0.2, 0.25) is 0 Å². The number of aromatic amines is 1. The summed E-state index contributed by atoms with van der Waals surface area (Å²) < 4.78 is 5.02. The van der Waals surface area contributed by atoms with Gasteiger partial charge >= 0.3 is 5.97 Å². The molecule has 2 rings (SSSR count). The minimum atomic E-state index is -1.05. The van der Waals surface area contributed by atoms with E-state index in [1.165, 1.54) is 0 Å². The molecular weight excluding hydrogens is 298 g/mol. The molecule has 0 radical (unpaired) electrons. The van der Waals surface area contributed by atoms with E-state index >= 15 is 0 Å². The normalized spacial score (nSPS) is 11.1. The van der Waals surface area contributed by atoms with E-state index < -0.39 is 12.6 Å². The molecule has 0 saturated heterocycles. The standard InChI is InChI=1S/C16H19N3O4/c1-16(2,3)13-8-12(18-19-13)15(22)17-10-4-6-11(7-5-10)23-9-14(20)21/h4-8H,9H2,1-3H3,(H,17,22)(H,18,19)(H,20,21). The molecule has 1 amide bonds. The van der Waals surface area contributed by atoms with Crippen molar-refractivity contribution in [3.8, 4) is 5.75 Å². The number of anilines is 1. The molecular formula is C16H19N3O4. The van der Waals surface area contributed by atoms with Crippen LogP contribution in [0.5, 0.6) is 5.75 Å². The Morgan fingerprint density at radius 3 is 2.43 bits per heavy atom. The van der Waals surface area contributed by atoms with Crippen molar-refractivity contribution >= 4 is 17.6 Å². The zero-order valence-corrected chi connectivity index (χ0v) is 13.2. The minimum Gasteiger partial charge on any atom is -0.482 e. The van der Waals surface area contributed by atoms with Gasteiger partial charge in [-0.2, -0.15) is 5.10 Å². The Morgan fingerprint density at radius 2 is 1.91 bits per heavy atom. The number of amides is 1. The van der Waals surface area contributed by atoms with E-state index in [1.807, 2.05) is 20.8 Å². The lowest BCUT2D eigenvalue weighted by atomic mass is 9.92. The van der Waals surface area contributed by atoms with Gasteiger partial charge in [-0.15, -0.1) is 0 Å². The maximum Gasteiger partial charge on any atom is 0.341 e. The second-order valence-corrected chi connectivity index (χ2v) is 6.08. The third-order valence-electron chi connectivity index (χ3n) is 3.09. The Balaban J connectivity index is 2.00. The van der Waals surface area contributed by atoms with Crippen LogP contribution in [0.3, 0.4) is 0 Å². The van der Waals surface area contributed by atoms with Gasteiger partial charge in [0.15, 0.2) is 12.3 Å². The Labute approximate surface area is 133 Å². The molecule has 23 heavy (non-hydrogen) atoms. The van der Waals surface area contributed by atoms with E-state index in [0.29, 0.717) is 17.1 Å². The van der Waals surface area contributed by atoms with Gasteiger partial charge in [0, 0.05) is 16.8 Å². The van der Waals surface area contributed by atoms with E-state index in [1.54, 1.807) is 30.3 Å². The molecule has 7 heteroatoms. The van der Waals surface area contributed by atoms with E-state index in [2.05, 4.69) is 15.5 Å². The maximum atomic E-state index is 12.2. The highest BCUT2D eigenvalue weighted by molar-refractivity contribution is 6.02. The van der Waals surface area contributed by atoms with Gasteiger partial charge < -0.3 is 15.2 Å². The number of hydrogen-bond donors (Lipinski definition) is 3. The van der Waals surface area contributed by atoms with Crippen molar-refractivity contribution in [1.82, 2.24) is 10.2 Å². The number of aliphatic carboxylic acids is 1. The van der Waals surface area contributed by atoms with Gasteiger partial charge in [-0.3, -0.25) is 9.89 Å². The first kappa shape index (κ1) is 16.5. The number of nitrogens with zero attached hydrogens (tertiary/aromatic N) is 1. The van der Waals surface area contributed by atoms with Crippen LogP contribution >= 0.6 is 0 Å². The van der Waals surface area contributed by atoms with Gasteiger partial charge in [0.25, 0.3) is 5.91 Å². The van der Waals surface area contributed by atoms with E-state index in [0.717, 1.165) is 5.69 Å². The van der Waals surface area contributed by atoms with Crippen LogP contribution in [-0.2, 0) is 10.2 Å². The number of carbonyl (C=O) groups excluding carboxylic acids is 1. The highest BCUT2D eigenvalue weighted by Crippen LogP contribution is 2.21. The number of carboxylic acids is 1. The van der Waals surface area contributed by atoms with Crippen LogP contribution in [0, 0.1) is 0 Å². The first-order valence-corrected chi connectivity index (χ1v) is 7.07. The monoisotopic (exact) mass is 317 g/mol. The highest BCUT2D eigenvalue weighted by atomic mass is 16.5. The van der Waals surface area contributed by atoms with Crippen molar-refractivity contribution in [2.75, 3.05) is 11.9 Å². The Kier molecular flexibility index (Phi) is 4.68. The molecule has 0 saturated carbocycles. The summed E-state index contributed by atoms with van der Waals surface area (Å²) >= 11 is 0. The lowest BCUT2D eigenvalue weighted by Gasteiger charge is -2.14. The van der Waals surface area contributed by atoms with Crippen LogP contribution in [0.4, 0.5) is 5.69 Å². The molecule has 1 heterocycles. The molecule has 1 aromatic carbocycles. The summed E-state index contributed by atoms with van der Waals surface area (Å²) in [6.07, 6.45) is 0. The van der Waals surface area contributed by atoms with Crippen molar-refractivity contribution in [2.45, 2.75) is 26.2 Å². The van der Waals surface area contributed by atoms with Crippen LogP contribution in [0.1, 0.15) is 37.0 Å². The zero-order valence-electron chi connectivity index (χ0n) is 13.2. The molecule has 0 unspecified atom stereocenters. The molecule has 0 fully saturated rings. The number of nitrogens with one attached hydrogen (secondary N) is 2. The molecule has 122 valence electrons. The molecule has 0 aliphatic heterocycles. The third kappa shape index (κ3) is 4.57. The van der Waals surface area contributed by atoms with Gasteiger partial charge in [0.05, 0.1) is 0 Å². The van der Waals surface area contributed by atoms with Gasteiger partial charge in [-0.05, 0) is 30.3 Å². The van der Waals surface area contributed by atoms with E-state index in [4.69, 9.17) is 9.84 Å². The first-order valence-electron chi connectivity index (χ1n) is 7.07. The smallest absolute Gasteiger partial charge is 0.341 e. The fourth-order valence-electron chi connectivity index (χ4n) is 1.80. The minimum absolute atomic E-state index is 0.116. The molecule has 0 aliphatic rings. The number of hydrogen-bond acceptors (Lipinski definition) is 4. The van der Waals surface area contributed by atoms with Crippen LogP contribution < -0.4 is 10.1 Å². The third-order valence-corrected chi connectivity index (χ3v) is 3.09. The van der Waals surface area contributed by atoms with E-state index in [-0.39, 0.29) is 11.3 Å². The fraction of sp³-hybridized carbons (Fsp3) is 0.312. The number of carboxylic acid groups (broad SMARTS) is 1. The molecule has 1 aromatic heterocycles.